The van der Waals surface area contributed by atoms with Crippen molar-refractivity contribution >= 4 is 5.91 Å². The van der Waals surface area contributed by atoms with Gasteiger partial charge in [0, 0.05) is 27.3 Å². The molecule has 86 valence electrons. The van der Waals surface area contributed by atoms with Crippen molar-refractivity contribution in [3.05, 3.63) is 0 Å². The van der Waals surface area contributed by atoms with Crippen LogP contribution in [0.15, 0.2) is 0 Å². The van der Waals surface area contributed by atoms with Crippen LogP contribution in [-0.2, 0) is 9.53 Å². The minimum Gasteiger partial charge on any atom is -0.381 e. The van der Waals surface area contributed by atoms with Crippen LogP contribution < -0.4 is 5.43 Å². The van der Waals surface area contributed by atoms with Gasteiger partial charge in [-0.05, 0) is 31.6 Å². The number of hydrazine groups is 1. The van der Waals surface area contributed by atoms with Crippen molar-refractivity contribution in [3.8, 4) is 0 Å². The summed E-state index contributed by atoms with van der Waals surface area (Å²) in [6, 6.07) is 0. The number of rotatable bonds is 3. The average Bonchev–Trinajstić information content (AvgIpc) is 2.99. The van der Waals surface area contributed by atoms with E-state index in [1.54, 1.807) is 5.01 Å². The highest BCUT2D eigenvalue weighted by Gasteiger charge is 2.55. The number of nitrogens with one attached hydrogen (secondary N) is 1. The summed E-state index contributed by atoms with van der Waals surface area (Å²) < 4.78 is 5.34. The standard InChI is InChI=1S/C11H20N2O2/c1-13(2)12-10(14)11(5-6-11)9-3-7-15-8-4-9/h9H,3-8H2,1-2H3,(H,12,14). The maximum Gasteiger partial charge on any atom is 0.240 e. The number of nitrogens with zero attached hydrogens (tertiary/aromatic N) is 1. The predicted octanol–water partition coefficient (Wildman–Crippen LogP) is 0.786. The highest BCUT2D eigenvalue weighted by Crippen LogP contribution is 2.55. The van der Waals surface area contributed by atoms with Crippen molar-refractivity contribution in [1.29, 1.82) is 0 Å². The van der Waals surface area contributed by atoms with Crippen molar-refractivity contribution in [2.75, 3.05) is 27.3 Å². The molecule has 1 saturated carbocycles. The van der Waals surface area contributed by atoms with Crippen LogP contribution in [0.2, 0.25) is 0 Å². The Balaban J connectivity index is 1.96. The molecule has 1 aliphatic heterocycles. The van der Waals surface area contributed by atoms with Gasteiger partial charge in [-0.3, -0.25) is 10.2 Å². The molecule has 15 heavy (non-hydrogen) atoms. The van der Waals surface area contributed by atoms with Gasteiger partial charge in [0.05, 0.1) is 5.41 Å². The van der Waals surface area contributed by atoms with Crippen LogP contribution in [-0.4, -0.2) is 38.2 Å². The quantitative estimate of drug-likeness (QED) is 0.703. The number of hydrogen-bond donors (Lipinski definition) is 1. The van der Waals surface area contributed by atoms with Gasteiger partial charge in [0.25, 0.3) is 0 Å². The van der Waals surface area contributed by atoms with Gasteiger partial charge >= 0.3 is 0 Å². The van der Waals surface area contributed by atoms with Gasteiger partial charge in [-0.2, -0.15) is 0 Å². The van der Waals surface area contributed by atoms with E-state index in [0.717, 1.165) is 38.9 Å². The van der Waals surface area contributed by atoms with Crippen molar-refractivity contribution < 1.29 is 9.53 Å². The SMILES string of the molecule is CN(C)NC(=O)C1(C2CCOCC2)CC1. The molecule has 2 rings (SSSR count). The number of hydrogen-bond acceptors (Lipinski definition) is 3. The minimum atomic E-state index is -0.0615. The summed E-state index contributed by atoms with van der Waals surface area (Å²) in [6.45, 7) is 1.64. The normalized spacial score (nSPS) is 25.3. The summed E-state index contributed by atoms with van der Waals surface area (Å²) in [7, 11) is 3.72. The predicted molar refractivity (Wildman–Crippen MR) is 57.0 cm³/mol. The first-order chi connectivity index (χ1) is 7.15. The van der Waals surface area contributed by atoms with E-state index in [0.29, 0.717) is 5.92 Å². The molecule has 1 heterocycles. The fraction of sp³-hybridized carbons (Fsp3) is 0.909. The van der Waals surface area contributed by atoms with Gasteiger partial charge in [0.15, 0.2) is 0 Å². The second-order valence-electron chi connectivity index (χ2n) is 4.88. The molecule has 2 aliphatic rings. The van der Waals surface area contributed by atoms with Crippen LogP contribution in [0, 0.1) is 11.3 Å². The van der Waals surface area contributed by atoms with E-state index in [2.05, 4.69) is 5.43 Å². The van der Waals surface area contributed by atoms with Gasteiger partial charge < -0.3 is 4.74 Å². The van der Waals surface area contributed by atoms with Crippen LogP contribution in [0.5, 0.6) is 0 Å². The molecule has 1 saturated heterocycles. The average molecular weight is 212 g/mol. The smallest absolute Gasteiger partial charge is 0.240 e. The molecular formula is C11H20N2O2. The lowest BCUT2D eigenvalue weighted by Gasteiger charge is -2.30. The van der Waals surface area contributed by atoms with Gasteiger partial charge in [0.2, 0.25) is 5.91 Å². The molecule has 4 heteroatoms. The van der Waals surface area contributed by atoms with E-state index in [-0.39, 0.29) is 11.3 Å². The van der Waals surface area contributed by atoms with Crippen LogP contribution in [0.25, 0.3) is 0 Å². The Kier molecular flexibility index (Phi) is 2.98. The Morgan fingerprint density at radius 1 is 1.33 bits per heavy atom. The van der Waals surface area contributed by atoms with E-state index in [1.165, 1.54) is 0 Å². The second-order valence-corrected chi connectivity index (χ2v) is 4.88. The zero-order valence-corrected chi connectivity index (χ0v) is 9.58. The van der Waals surface area contributed by atoms with Gasteiger partial charge in [-0.1, -0.05) is 0 Å². The number of ether oxygens (including phenoxy) is 1. The highest BCUT2D eigenvalue weighted by atomic mass is 16.5. The Bertz CT molecular complexity index is 243. The number of carbonyl (C=O) groups excluding carboxylic acids is 1. The molecule has 1 amide bonds. The summed E-state index contributed by atoms with van der Waals surface area (Å²) in [5.41, 5.74) is 2.83. The van der Waals surface area contributed by atoms with E-state index in [1.807, 2.05) is 14.1 Å². The molecule has 0 spiro atoms. The molecule has 2 fully saturated rings. The fourth-order valence-electron chi connectivity index (χ4n) is 2.52. The van der Waals surface area contributed by atoms with Crippen molar-refractivity contribution in [3.63, 3.8) is 0 Å². The molecule has 0 unspecified atom stereocenters. The number of carbonyl (C=O) groups is 1. The first-order valence-electron chi connectivity index (χ1n) is 5.71. The van der Waals surface area contributed by atoms with Gasteiger partial charge in [0.1, 0.15) is 0 Å². The molecule has 4 nitrogen and oxygen atoms in total. The fourth-order valence-corrected chi connectivity index (χ4v) is 2.52. The van der Waals surface area contributed by atoms with Crippen LogP contribution in [0.4, 0.5) is 0 Å². The van der Waals surface area contributed by atoms with E-state index >= 15 is 0 Å². The van der Waals surface area contributed by atoms with Gasteiger partial charge in [-0.15, -0.1) is 0 Å². The van der Waals surface area contributed by atoms with Crippen molar-refractivity contribution in [2.45, 2.75) is 25.7 Å². The molecule has 0 atom stereocenters. The van der Waals surface area contributed by atoms with E-state index in [9.17, 15) is 4.79 Å². The van der Waals surface area contributed by atoms with Crippen LogP contribution >= 0.6 is 0 Å². The third kappa shape index (κ3) is 2.16. The lowest BCUT2D eigenvalue weighted by atomic mass is 9.82. The third-order valence-electron chi connectivity index (χ3n) is 3.57. The Hall–Kier alpha value is -0.610. The highest BCUT2D eigenvalue weighted by molar-refractivity contribution is 5.85. The summed E-state index contributed by atoms with van der Waals surface area (Å²) in [5, 5.41) is 1.74. The molecule has 0 radical (unpaired) electrons. The minimum absolute atomic E-state index is 0.0615. The lowest BCUT2D eigenvalue weighted by molar-refractivity contribution is -0.133. The van der Waals surface area contributed by atoms with Gasteiger partial charge in [-0.25, -0.2) is 5.01 Å². The Morgan fingerprint density at radius 2 is 1.93 bits per heavy atom. The van der Waals surface area contributed by atoms with Crippen molar-refractivity contribution in [1.82, 2.24) is 10.4 Å². The van der Waals surface area contributed by atoms with Crippen molar-refractivity contribution in [2.24, 2.45) is 11.3 Å². The second kappa shape index (κ2) is 4.10. The van der Waals surface area contributed by atoms with E-state index < -0.39 is 0 Å². The Morgan fingerprint density at radius 3 is 2.40 bits per heavy atom. The molecule has 0 aromatic carbocycles. The van der Waals surface area contributed by atoms with Crippen LogP contribution in [0.1, 0.15) is 25.7 Å². The molecule has 0 bridgehead atoms. The Labute approximate surface area is 90.9 Å². The summed E-state index contributed by atoms with van der Waals surface area (Å²) in [4.78, 5) is 12.0. The lowest BCUT2D eigenvalue weighted by Crippen LogP contribution is -2.44. The zero-order valence-electron chi connectivity index (χ0n) is 9.58. The summed E-state index contributed by atoms with van der Waals surface area (Å²) in [5.74, 6) is 0.741. The molecule has 1 aliphatic carbocycles. The largest absolute Gasteiger partial charge is 0.381 e. The first kappa shape index (κ1) is 10.9. The maximum atomic E-state index is 12.0. The summed E-state index contributed by atoms with van der Waals surface area (Å²) in [6.07, 6.45) is 4.19. The summed E-state index contributed by atoms with van der Waals surface area (Å²) >= 11 is 0. The monoisotopic (exact) mass is 212 g/mol. The molecule has 0 aromatic heterocycles. The third-order valence-corrected chi connectivity index (χ3v) is 3.57. The first-order valence-corrected chi connectivity index (χ1v) is 5.71. The molecule has 0 aromatic rings. The van der Waals surface area contributed by atoms with Crippen LogP contribution in [0.3, 0.4) is 0 Å². The molecule has 1 N–H and O–H groups in total. The number of amides is 1. The zero-order chi connectivity index (χ0) is 10.9. The topological polar surface area (TPSA) is 41.6 Å². The maximum absolute atomic E-state index is 12.0. The molecular weight excluding hydrogens is 192 g/mol. The van der Waals surface area contributed by atoms with E-state index in [4.69, 9.17) is 4.74 Å².